The third-order valence-corrected chi connectivity index (χ3v) is 5.39. The second-order valence-electron chi connectivity index (χ2n) is 7.07. The molecule has 1 saturated carbocycles. The molecule has 0 unspecified atom stereocenters. The van der Waals surface area contributed by atoms with Gasteiger partial charge in [-0.25, -0.2) is 18.9 Å². The van der Waals surface area contributed by atoms with Gasteiger partial charge < -0.3 is 4.90 Å². The van der Waals surface area contributed by atoms with Crippen LogP contribution in [-0.2, 0) is 11.3 Å². The van der Waals surface area contributed by atoms with Crippen LogP contribution in [-0.4, -0.2) is 43.1 Å². The number of carbonyl (C=O) groups is 1. The minimum atomic E-state index is -0.318. The predicted octanol–water partition coefficient (Wildman–Crippen LogP) is 2.14. The number of likely N-dealkylation sites (N-methyl/N-ethyl adjacent to an activating group) is 1. The van der Waals surface area contributed by atoms with Crippen molar-refractivity contribution < 1.29 is 4.79 Å². The number of rotatable bonds is 3. The van der Waals surface area contributed by atoms with E-state index in [1.165, 1.54) is 15.5 Å². The van der Waals surface area contributed by atoms with E-state index in [1.807, 2.05) is 31.3 Å². The number of hydrogen-bond acceptors (Lipinski definition) is 4. The summed E-state index contributed by atoms with van der Waals surface area (Å²) in [6.45, 7) is 1.74. The monoisotopic (exact) mass is 353 g/mol. The van der Waals surface area contributed by atoms with E-state index in [4.69, 9.17) is 0 Å². The molecule has 136 valence electrons. The lowest BCUT2D eigenvalue weighted by molar-refractivity contribution is -0.133. The highest BCUT2D eigenvalue weighted by molar-refractivity contribution is 5.91. The molecule has 7 heteroatoms. The van der Waals surface area contributed by atoms with Crippen molar-refractivity contribution in [3.8, 4) is 0 Å². The van der Waals surface area contributed by atoms with Gasteiger partial charge in [-0.15, -0.1) is 5.10 Å². The number of amides is 1. The molecule has 0 saturated heterocycles. The summed E-state index contributed by atoms with van der Waals surface area (Å²) in [4.78, 5) is 31.7. The lowest BCUT2D eigenvalue weighted by Gasteiger charge is -2.31. The first-order valence-corrected chi connectivity index (χ1v) is 9.17. The fraction of sp³-hybridized carbons (Fsp3) is 0.474. The molecule has 2 aromatic heterocycles. The third kappa shape index (κ3) is 2.77. The Morgan fingerprint density at radius 2 is 1.96 bits per heavy atom. The van der Waals surface area contributed by atoms with E-state index in [0.29, 0.717) is 11.5 Å². The largest absolute Gasteiger partial charge is 0.352 e. The molecular formula is C19H23N5O2. The van der Waals surface area contributed by atoms with Gasteiger partial charge in [0.1, 0.15) is 12.4 Å². The van der Waals surface area contributed by atoms with Gasteiger partial charge in [0.2, 0.25) is 5.91 Å². The first kappa shape index (κ1) is 16.8. The molecule has 2 heterocycles. The second-order valence-corrected chi connectivity index (χ2v) is 7.07. The Morgan fingerprint density at radius 3 is 2.73 bits per heavy atom. The van der Waals surface area contributed by atoms with Crippen LogP contribution in [0.4, 0.5) is 0 Å². The van der Waals surface area contributed by atoms with Crippen LogP contribution in [0, 0.1) is 6.92 Å². The molecule has 1 aromatic carbocycles. The number of nitrogens with zero attached hydrogens (tertiary/aromatic N) is 5. The molecule has 1 aliphatic rings. The number of fused-ring (bicyclic) bond motifs is 3. The Kier molecular flexibility index (Phi) is 4.22. The van der Waals surface area contributed by atoms with Crippen LogP contribution in [0.15, 0.2) is 29.1 Å². The third-order valence-electron chi connectivity index (χ3n) is 5.39. The summed E-state index contributed by atoms with van der Waals surface area (Å²) in [5.74, 6) is 0.500. The number of carbonyl (C=O) groups excluding carboxylic acids is 1. The van der Waals surface area contributed by atoms with Crippen molar-refractivity contribution in [2.45, 2.75) is 51.6 Å². The average molecular weight is 353 g/mol. The number of aromatic nitrogens is 4. The minimum absolute atomic E-state index is 0.0404. The summed E-state index contributed by atoms with van der Waals surface area (Å²) in [5.41, 5.74) is 1.02. The fourth-order valence-corrected chi connectivity index (χ4v) is 3.87. The molecular weight excluding hydrogens is 330 g/mol. The second kappa shape index (κ2) is 6.55. The quantitative estimate of drug-likeness (QED) is 0.723. The molecule has 4 rings (SSSR count). The molecule has 1 aliphatic carbocycles. The van der Waals surface area contributed by atoms with Crippen LogP contribution in [0.2, 0.25) is 0 Å². The Morgan fingerprint density at radius 1 is 1.23 bits per heavy atom. The normalized spacial score (nSPS) is 15.6. The van der Waals surface area contributed by atoms with Crippen LogP contribution in [0.25, 0.3) is 16.6 Å². The molecule has 26 heavy (non-hydrogen) atoms. The van der Waals surface area contributed by atoms with E-state index >= 15 is 0 Å². The van der Waals surface area contributed by atoms with Gasteiger partial charge in [0.25, 0.3) is 0 Å². The van der Waals surface area contributed by atoms with E-state index in [2.05, 4.69) is 10.1 Å². The molecule has 0 aliphatic heterocycles. The summed E-state index contributed by atoms with van der Waals surface area (Å²) in [5, 5.41) is 5.26. The maximum Gasteiger partial charge on any atom is 0.352 e. The van der Waals surface area contributed by atoms with Gasteiger partial charge in [-0.2, -0.15) is 0 Å². The van der Waals surface area contributed by atoms with Gasteiger partial charge in [0, 0.05) is 18.5 Å². The van der Waals surface area contributed by atoms with E-state index in [1.54, 1.807) is 11.8 Å². The van der Waals surface area contributed by atoms with Gasteiger partial charge in [0.05, 0.1) is 5.52 Å². The topological polar surface area (TPSA) is 72.5 Å². The lowest BCUT2D eigenvalue weighted by atomic mass is 9.94. The molecule has 0 bridgehead atoms. The van der Waals surface area contributed by atoms with Crippen molar-refractivity contribution in [1.29, 1.82) is 0 Å². The van der Waals surface area contributed by atoms with Crippen LogP contribution >= 0.6 is 0 Å². The molecule has 0 atom stereocenters. The van der Waals surface area contributed by atoms with E-state index in [9.17, 15) is 9.59 Å². The van der Waals surface area contributed by atoms with Crippen molar-refractivity contribution in [1.82, 2.24) is 24.1 Å². The Balaban J connectivity index is 1.70. The maximum atomic E-state index is 12.8. The minimum Gasteiger partial charge on any atom is -0.341 e. The van der Waals surface area contributed by atoms with Crippen LogP contribution in [0.3, 0.4) is 0 Å². The highest BCUT2D eigenvalue weighted by atomic mass is 16.2. The van der Waals surface area contributed by atoms with E-state index in [0.717, 1.165) is 36.6 Å². The number of para-hydroxylation sites is 1. The summed E-state index contributed by atoms with van der Waals surface area (Å²) < 4.78 is 2.74. The molecule has 7 nitrogen and oxygen atoms in total. The zero-order valence-electron chi connectivity index (χ0n) is 15.2. The highest BCUT2D eigenvalue weighted by Gasteiger charge is 2.23. The van der Waals surface area contributed by atoms with Gasteiger partial charge in [-0.3, -0.25) is 4.79 Å². The average Bonchev–Trinajstić information content (AvgIpc) is 2.99. The smallest absolute Gasteiger partial charge is 0.341 e. The summed E-state index contributed by atoms with van der Waals surface area (Å²) >= 11 is 0. The van der Waals surface area contributed by atoms with Crippen molar-refractivity contribution in [2.24, 2.45) is 0 Å². The molecule has 0 spiro atoms. The van der Waals surface area contributed by atoms with Crippen molar-refractivity contribution in [3.05, 3.63) is 40.6 Å². The molecule has 1 fully saturated rings. The first-order valence-electron chi connectivity index (χ1n) is 9.17. The van der Waals surface area contributed by atoms with Crippen molar-refractivity contribution >= 4 is 22.5 Å². The fourth-order valence-electron chi connectivity index (χ4n) is 3.87. The van der Waals surface area contributed by atoms with Crippen molar-refractivity contribution in [3.63, 3.8) is 0 Å². The maximum absolute atomic E-state index is 12.8. The zero-order chi connectivity index (χ0) is 18.3. The summed E-state index contributed by atoms with van der Waals surface area (Å²) in [6.07, 6.45) is 5.64. The Bertz CT molecular complexity index is 1030. The SMILES string of the molecule is Cc1nc2ccccc2c2nn(CC(=O)N(C)C3CCCCC3)c(=O)n12. The van der Waals surface area contributed by atoms with Gasteiger partial charge in [-0.05, 0) is 31.9 Å². The van der Waals surface area contributed by atoms with E-state index in [-0.39, 0.29) is 24.2 Å². The summed E-state index contributed by atoms with van der Waals surface area (Å²) in [6, 6.07) is 7.86. The Labute approximate surface area is 151 Å². The number of hydrogen-bond donors (Lipinski definition) is 0. The zero-order valence-corrected chi connectivity index (χ0v) is 15.2. The van der Waals surface area contributed by atoms with Crippen LogP contribution < -0.4 is 5.69 Å². The molecule has 1 amide bonds. The van der Waals surface area contributed by atoms with Crippen LogP contribution in [0.5, 0.6) is 0 Å². The standard InChI is InChI=1S/C19H23N5O2/c1-13-20-16-11-7-6-10-15(16)18-21-23(19(26)24(13)18)12-17(25)22(2)14-8-4-3-5-9-14/h6-7,10-11,14H,3-5,8-9,12H2,1-2H3. The number of aryl methyl sites for hydroxylation is 1. The van der Waals surface area contributed by atoms with E-state index < -0.39 is 0 Å². The molecule has 0 radical (unpaired) electrons. The summed E-state index contributed by atoms with van der Waals surface area (Å²) in [7, 11) is 1.83. The van der Waals surface area contributed by atoms with Crippen molar-refractivity contribution in [2.75, 3.05) is 7.05 Å². The Hall–Kier alpha value is -2.70. The van der Waals surface area contributed by atoms with Gasteiger partial charge in [-0.1, -0.05) is 31.4 Å². The van der Waals surface area contributed by atoms with Gasteiger partial charge >= 0.3 is 5.69 Å². The lowest BCUT2D eigenvalue weighted by Crippen LogP contribution is -2.41. The molecule has 3 aromatic rings. The predicted molar refractivity (Wildman–Crippen MR) is 99.1 cm³/mol. The molecule has 0 N–H and O–H groups in total. The first-order chi connectivity index (χ1) is 12.6. The highest BCUT2D eigenvalue weighted by Crippen LogP contribution is 2.22. The number of benzene rings is 1. The van der Waals surface area contributed by atoms with Crippen LogP contribution in [0.1, 0.15) is 37.9 Å². The van der Waals surface area contributed by atoms with Gasteiger partial charge in [0.15, 0.2) is 5.65 Å².